The molecule has 0 radical (unpaired) electrons. The van der Waals surface area contributed by atoms with Gasteiger partial charge in [-0.3, -0.25) is 4.79 Å². The van der Waals surface area contributed by atoms with Crippen molar-refractivity contribution < 1.29 is 9.53 Å². The fourth-order valence-corrected chi connectivity index (χ4v) is 2.36. The first-order valence-electron chi connectivity index (χ1n) is 7.79. The van der Waals surface area contributed by atoms with Crippen LogP contribution in [0.3, 0.4) is 0 Å². The average Bonchev–Trinajstić information content (AvgIpc) is 2.55. The molecule has 122 valence electrons. The van der Waals surface area contributed by atoms with Crippen LogP contribution >= 0.6 is 0 Å². The number of hydrogen-bond donors (Lipinski definition) is 2. The molecular weight excluding hydrogens is 288 g/mol. The zero-order chi connectivity index (χ0) is 16.7. The summed E-state index contributed by atoms with van der Waals surface area (Å²) in [6, 6.07) is 13.9. The molecule has 2 rings (SSSR count). The lowest BCUT2D eigenvalue weighted by molar-refractivity contribution is -0.121. The SMILES string of the molecule is COc1ccc(CNC(=O)CCNc2ccc(C)cc2C)cc1. The molecule has 0 aromatic heterocycles. The number of benzene rings is 2. The highest BCUT2D eigenvalue weighted by atomic mass is 16.5. The van der Waals surface area contributed by atoms with Crippen LogP contribution in [0.25, 0.3) is 0 Å². The Hall–Kier alpha value is -2.49. The highest BCUT2D eigenvalue weighted by Crippen LogP contribution is 2.15. The molecule has 23 heavy (non-hydrogen) atoms. The highest BCUT2D eigenvalue weighted by Gasteiger charge is 2.03. The Bertz CT molecular complexity index is 651. The summed E-state index contributed by atoms with van der Waals surface area (Å²) in [7, 11) is 1.64. The second-order valence-electron chi connectivity index (χ2n) is 5.62. The third kappa shape index (κ3) is 5.33. The molecule has 0 spiro atoms. The van der Waals surface area contributed by atoms with Gasteiger partial charge in [0.15, 0.2) is 0 Å². The first-order chi connectivity index (χ1) is 11.1. The second kappa shape index (κ2) is 8.22. The van der Waals surface area contributed by atoms with Crippen LogP contribution in [0.1, 0.15) is 23.1 Å². The van der Waals surface area contributed by atoms with Gasteiger partial charge in [0, 0.05) is 25.2 Å². The monoisotopic (exact) mass is 312 g/mol. The van der Waals surface area contributed by atoms with E-state index < -0.39 is 0 Å². The van der Waals surface area contributed by atoms with E-state index in [1.165, 1.54) is 11.1 Å². The third-order valence-corrected chi connectivity index (χ3v) is 3.70. The van der Waals surface area contributed by atoms with Crippen molar-refractivity contribution in [1.29, 1.82) is 0 Å². The molecule has 0 aliphatic heterocycles. The first-order valence-corrected chi connectivity index (χ1v) is 7.79. The number of aryl methyl sites for hydroxylation is 2. The van der Waals surface area contributed by atoms with Crippen molar-refractivity contribution in [2.24, 2.45) is 0 Å². The van der Waals surface area contributed by atoms with E-state index in [2.05, 4.69) is 42.7 Å². The molecule has 1 amide bonds. The Morgan fingerprint density at radius 3 is 2.48 bits per heavy atom. The Morgan fingerprint density at radius 2 is 1.83 bits per heavy atom. The molecule has 0 unspecified atom stereocenters. The van der Waals surface area contributed by atoms with Crippen molar-refractivity contribution in [3.8, 4) is 5.75 Å². The molecule has 0 aliphatic rings. The van der Waals surface area contributed by atoms with Crippen molar-refractivity contribution in [2.75, 3.05) is 19.0 Å². The van der Waals surface area contributed by atoms with Gasteiger partial charge in [0.2, 0.25) is 5.91 Å². The van der Waals surface area contributed by atoms with Gasteiger partial charge in [0.1, 0.15) is 5.75 Å². The Morgan fingerprint density at radius 1 is 1.09 bits per heavy atom. The summed E-state index contributed by atoms with van der Waals surface area (Å²) in [5, 5.41) is 6.23. The highest BCUT2D eigenvalue weighted by molar-refractivity contribution is 5.76. The number of ether oxygens (including phenoxy) is 1. The number of nitrogens with one attached hydrogen (secondary N) is 2. The largest absolute Gasteiger partial charge is 0.497 e. The smallest absolute Gasteiger partial charge is 0.222 e. The lowest BCUT2D eigenvalue weighted by Crippen LogP contribution is -2.24. The lowest BCUT2D eigenvalue weighted by Gasteiger charge is -2.10. The molecule has 0 saturated heterocycles. The van der Waals surface area contributed by atoms with E-state index in [0.717, 1.165) is 17.0 Å². The number of methoxy groups -OCH3 is 1. The van der Waals surface area contributed by atoms with Crippen LogP contribution in [0.15, 0.2) is 42.5 Å². The summed E-state index contributed by atoms with van der Waals surface area (Å²) in [6.07, 6.45) is 0.448. The standard InChI is InChI=1S/C19H24N2O2/c1-14-4-9-18(15(2)12-14)20-11-10-19(22)21-13-16-5-7-17(23-3)8-6-16/h4-9,12,20H,10-11,13H2,1-3H3,(H,21,22). The van der Waals surface area contributed by atoms with Crippen molar-refractivity contribution in [2.45, 2.75) is 26.8 Å². The van der Waals surface area contributed by atoms with Crippen LogP contribution in [0.4, 0.5) is 5.69 Å². The molecule has 4 heteroatoms. The van der Waals surface area contributed by atoms with E-state index in [9.17, 15) is 4.79 Å². The number of rotatable bonds is 7. The van der Waals surface area contributed by atoms with E-state index in [0.29, 0.717) is 19.5 Å². The van der Waals surface area contributed by atoms with Crippen LogP contribution in [0.2, 0.25) is 0 Å². The van der Waals surface area contributed by atoms with Crippen molar-refractivity contribution >= 4 is 11.6 Å². The average molecular weight is 312 g/mol. The van der Waals surface area contributed by atoms with E-state index >= 15 is 0 Å². The predicted molar refractivity (Wildman–Crippen MR) is 93.9 cm³/mol. The van der Waals surface area contributed by atoms with Gasteiger partial charge in [0.25, 0.3) is 0 Å². The maximum atomic E-state index is 11.9. The number of carbonyl (C=O) groups excluding carboxylic acids is 1. The molecule has 0 heterocycles. The molecule has 0 fully saturated rings. The fraction of sp³-hybridized carbons (Fsp3) is 0.316. The maximum Gasteiger partial charge on any atom is 0.222 e. The Kier molecular flexibility index (Phi) is 6.03. The minimum atomic E-state index is 0.0399. The van der Waals surface area contributed by atoms with Gasteiger partial charge in [0.05, 0.1) is 7.11 Å². The quantitative estimate of drug-likeness (QED) is 0.823. The molecule has 2 N–H and O–H groups in total. The van der Waals surface area contributed by atoms with Gasteiger partial charge in [-0.05, 0) is 43.2 Å². The third-order valence-electron chi connectivity index (χ3n) is 3.70. The minimum absolute atomic E-state index is 0.0399. The van der Waals surface area contributed by atoms with Gasteiger partial charge < -0.3 is 15.4 Å². The molecule has 2 aromatic carbocycles. The summed E-state index contributed by atoms with van der Waals surface area (Å²) in [6.45, 7) is 5.30. The predicted octanol–water partition coefficient (Wildman–Crippen LogP) is 3.43. The van der Waals surface area contributed by atoms with Crippen molar-refractivity contribution in [3.05, 3.63) is 59.2 Å². The van der Waals surface area contributed by atoms with Gasteiger partial charge in [-0.1, -0.05) is 29.8 Å². The summed E-state index contributed by atoms with van der Waals surface area (Å²) < 4.78 is 5.11. The van der Waals surface area contributed by atoms with E-state index in [1.807, 2.05) is 24.3 Å². The van der Waals surface area contributed by atoms with Gasteiger partial charge in [-0.25, -0.2) is 0 Å². The van der Waals surface area contributed by atoms with Crippen LogP contribution in [-0.2, 0) is 11.3 Å². The Balaban J connectivity index is 1.72. The molecular formula is C19H24N2O2. The number of anilines is 1. The van der Waals surface area contributed by atoms with E-state index in [-0.39, 0.29) is 5.91 Å². The maximum absolute atomic E-state index is 11.9. The Labute approximate surface area is 137 Å². The zero-order valence-corrected chi connectivity index (χ0v) is 14.0. The van der Waals surface area contributed by atoms with Crippen LogP contribution in [0, 0.1) is 13.8 Å². The van der Waals surface area contributed by atoms with E-state index in [4.69, 9.17) is 4.74 Å². The second-order valence-corrected chi connectivity index (χ2v) is 5.62. The van der Waals surface area contributed by atoms with Crippen LogP contribution < -0.4 is 15.4 Å². The minimum Gasteiger partial charge on any atom is -0.497 e. The summed E-state index contributed by atoms with van der Waals surface area (Å²) in [5.74, 6) is 0.857. The van der Waals surface area contributed by atoms with Crippen molar-refractivity contribution in [1.82, 2.24) is 5.32 Å². The summed E-state index contributed by atoms with van der Waals surface area (Å²) >= 11 is 0. The zero-order valence-electron chi connectivity index (χ0n) is 14.0. The first kappa shape index (κ1) is 16.9. The fourth-order valence-electron chi connectivity index (χ4n) is 2.36. The summed E-state index contributed by atoms with van der Waals surface area (Å²) in [5.41, 5.74) is 4.58. The van der Waals surface area contributed by atoms with Crippen molar-refractivity contribution in [3.63, 3.8) is 0 Å². The van der Waals surface area contributed by atoms with Crippen LogP contribution in [-0.4, -0.2) is 19.6 Å². The van der Waals surface area contributed by atoms with Gasteiger partial charge >= 0.3 is 0 Å². The molecule has 0 bridgehead atoms. The number of carbonyl (C=O) groups is 1. The number of amides is 1. The topological polar surface area (TPSA) is 50.4 Å². The molecule has 0 aliphatic carbocycles. The lowest BCUT2D eigenvalue weighted by atomic mass is 10.1. The van der Waals surface area contributed by atoms with Gasteiger partial charge in [-0.2, -0.15) is 0 Å². The molecule has 4 nitrogen and oxygen atoms in total. The molecule has 0 atom stereocenters. The summed E-state index contributed by atoms with van der Waals surface area (Å²) in [4.78, 5) is 11.9. The number of hydrogen-bond acceptors (Lipinski definition) is 3. The molecule has 0 saturated carbocycles. The molecule has 2 aromatic rings. The normalized spacial score (nSPS) is 10.2. The van der Waals surface area contributed by atoms with Gasteiger partial charge in [-0.15, -0.1) is 0 Å². The van der Waals surface area contributed by atoms with E-state index in [1.54, 1.807) is 7.11 Å². The van der Waals surface area contributed by atoms with Crippen LogP contribution in [0.5, 0.6) is 5.75 Å².